The molecule has 1 N–H and O–H groups in total. The van der Waals surface area contributed by atoms with Crippen molar-refractivity contribution in [1.82, 2.24) is 10.2 Å². The van der Waals surface area contributed by atoms with Gasteiger partial charge in [0.2, 0.25) is 11.8 Å². The lowest BCUT2D eigenvalue weighted by Crippen LogP contribution is -2.51. The van der Waals surface area contributed by atoms with Gasteiger partial charge in [-0.1, -0.05) is 55.0 Å². The molecule has 0 saturated carbocycles. The Labute approximate surface area is 230 Å². The third kappa shape index (κ3) is 6.88. The van der Waals surface area contributed by atoms with Crippen LogP contribution in [0.15, 0.2) is 77.7 Å². The van der Waals surface area contributed by atoms with Crippen LogP contribution in [-0.2, 0) is 26.2 Å². The van der Waals surface area contributed by atoms with E-state index in [4.69, 9.17) is 9.47 Å². The summed E-state index contributed by atoms with van der Waals surface area (Å²) < 4.78 is 39.8. The molecule has 0 saturated heterocycles. The molecule has 1 atom stereocenters. The van der Waals surface area contributed by atoms with Crippen LogP contribution in [0.5, 0.6) is 11.5 Å². The number of benzene rings is 3. The van der Waals surface area contributed by atoms with Crippen LogP contribution in [0.4, 0.5) is 5.69 Å². The van der Waals surface area contributed by atoms with E-state index in [1.54, 1.807) is 37.3 Å². The van der Waals surface area contributed by atoms with E-state index in [2.05, 4.69) is 5.32 Å². The second-order valence-corrected chi connectivity index (χ2v) is 10.8. The molecule has 0 radical (unpaired) electrons. The molecule has 0 aliphatic heterocycles. The molecular weight excluding hydrogens is 518 g/mol. The van der Waals surface area contributed by atoms with Gasteiger partial charge >= 0.3 is 0 Å². The summed E-state index contributed by atoms with van der Waals surface area (Å²) >= 11 is 0. The molecular formula is C29H35N3O6S. The van der Waals surface area contributed by atoms with Crippen molar-refractivity contribution in [1.29, 1.82) is 0 Å². The quantitative estimate of drug-likeness (QED) is 0.366. The van der Waals surface area contributed by atoms with Gasteiger partial charge in [0.25, 0.3) is 10.0 Å². The molecule has 0 spiro atoms. The van der Waals surface area contributed by atoms with Crippen molar-refractivity contribution in [3.63, 3.8) is 0 Å². The number of hydrogen-bond donors (Lipinski definition) is 1. The summed E-state index contributed by atoms with van der Waals surface area (Å²) in [7, 11) is 0.163. The van der Waals surface area contributed by atoms with Crippen molar-refractivity contribution in [3.05, 3.63) is 83.9 Å². The molecule has 0 aliphatic rings. The van der Waals surface area contributed by atoms with Crippen LogP contribution in [-0.4, -0.2) is 59.0 Å². The summed E-state index contributed by atoms with van der Waals surface area (Å²) in [6, 6.07) is 19.4. The number of hydrogen-bond acceptors (Lipinski definition) is 6. The zero-order valence-corrected chi connectivity index (χ0v) is 23.7. The zero-order chi connectivity index (χ0) is 28.6. The smallest absolute Gasteiger partial charge is 0.264 e. The Morgan fingerprint density at radius 1 is 0.949 bits per heavy atom. The van der Waals surface area contributed by atoms with Crippen LogP contribution in [0.3, 0.4) is 0 Å². The van der Waals surface area contributed by atoms with Gasteiger partial charge in [-0.05, 0) is 43.2 Å². The predicted molar refractivity (Wildman–Crippen MR) is 150 cm³/mol. The molecule has 9 nitrogen and oxygen atoms in total. The van der Waals surface area contributed by atoms with Crippen LogP contribution in [0.1, 0.15) is 24.5 Å². The van der Waals surface area contributed by atoms with Crippen LogP contribution < -0.4 is 19.1 Å². The summed E-state index contributed by atoms with van der Waals surface area (Å²) in [6.45, 7) is 3.32. The van der Waals surface area contributed by atoms with Gasteiger partial charge < -0.3 is 19.7 Å². The lowest BCUT2D eigenvalue weighted by molar-refractivity contribution is -0.140. The molecule has 3 aromatic rings. The zero-order valence-electron chi connectivity index (χ0n) is 22.9. The highest BCUT2D eigenvalue weighted by molar-refractivity contribution is 7.92. The summed E-state index contributed by atoms with van der Waals surface area (Å²) in [5.41, 5.74) is 2.00. The van der Waals surface area contributed by atoms with E-state index >= 15 is 0 Å². The number of carbonyl (C=O) groups is 2. The van der Waals surface area contributed by atoms with Gasteiger partial charge in [-0.15, -0.1) is 0 Å². The van der Waals surface area contributed by atoms with Crippen molar-refractivity contribution >= 4 is 27.5 Å². The molecule has 3 rings (SSSR count). The number of methoxy groups -OCH3 is 2. The first-order valence-corrected chi connectivity index (χ1v) is 14.0. The average molecular weight is 554 g/mol. The fourth-order valence-electron chi connectivity index (χ4n) is 4.20. The number of aryl methyl sites for hydroxylation is 1. The molecule has 208 valence electrons. The van der Waals surface area contributed by atoms with Crippen LogP contribution >= 0.6 is 0 Å². The number of rotatable bonds is 12. The molecule has 0 aliphatic carbocycles. The summed E-state index contributed by atoms with van der Waals surface area (Å²) in [5, 5.41) is 2.62. The number of nitrogens with zero attached hydrogens (tertiary/aromatic N) is 2. The summed E-state index contributed by atoms with van der Waals surface area (Å²) in [4.78, 5) is 28.3. The first-order valence-electron chi connectivity index (χ1n) is 12.5. The minimum absolute atomic E-state index is 0.00565. The van der Waals surface area contributed by atoms with Gasteiger partial charge in [0.15, 0.2) is 0 Å². The predicted octanol–water partition coefficient (Wildman–Crippen LogP) is 3.76. The largest absolute Gasteiger partial charge is 0.497 e. The van der Waals surface area contributed by atoms with Crippen molar-refractivity contribution in [2.75, 3.05) is 32.1 Å². The van der Waals surface area contributed by atoms with E-state index in [9.17, 15) is 18.0 Å². The monoisotopic (exact) mass is 553 g/mol. The van der Waals surface area contributed by atoms with Crippen molar-refractivity contribution in [2.45, 2.75) is 37.8 Å². The lowest BCUT2D eigenvalue weighted by atomic mass is 10.1. The molecule has 0 heterocycles. The number of ether oxygens (including phenoxy) is 2. The average Bonchev–Trinajstić information content (AvgIpc) is 2.96. The Bertz CT molecular complexity index is 1380. The number of carbonyl (C=O) groups excluding carboxylic acids is 2. The summed E-state index contributed by atoms with van der Waals surface area (Å²) in [5.74, 6) is -0.254. The minimum Gasteiger partial charge on any atom is -0.497 e. The van der Waals surface area contributed by atoms with Gasteiger partial charge in [0, 0.05) is 19.7 Å². The normalized spacial score (nSPS) is 11.8. The Morgan fingerprint density at radius 2 is 1.62 bits per heavy atom. The second kappa shape index (κ2) is 13.1. The Kier molecular flexibility index (Phi) is 9.95. The third-order valence-electron chi connectivity index (χ3n) is 6.37. The van der Waals surface area contributed by atoms with Gasteiger partial charge in [-0.25, -0.2) is 8.42 Å². The number of likely N-dealkylation sites (N-methyl/N-ethyl adjacent to an activating group) is 1. The SMILES string of the molecule is CC[C@@H](C(=O)NC)N(Cc1ccc(C)cc1)C(=O)CN(c1cc(OC)ccc1OC)S(=O)(=O)c1ccccc1. The standard InChI is InChI=1S/C29H35N3O6S/c1-6-25(29(34)30-3)31(19-22-14-12-21(2)13-15-22)28(33)20-32(39(35,36)24-10-8-7-9-11-24)26-18-23(37-4)16-17-27(26)38-5/h7-18,25H,6,19-20H2,1-5H3,(H,30,34)/t25-/m0/s1. The van der Waals surface area contributed by atoms with E-state index in [-0.39, 0.29) is 28.8 Å². The maximum Gasteiger partial charge on any atom is 0.264 e. The Balaban J connectivity index is 2.13. The molecule has 0 unspecified atom stereocenters. The second-order valence-electron chi connectivity index (χ2n) is 8.91. The van der Waals surface area contributed by atoms with E-state index < -0.39 is 28.5 Å². The van der Waals surface area contributed by atoms with E-state index in [0.717, 1.165) is 15.4 Å². The van der Waals surface area contributed by atoms with Gasteiger partial charge in [-0.2, -0.15) is 0 Å². The highest BCUT2D eigenvalue weighted by atomic mass is 32.2. The fraction of sp³-hybridized carbons (Fsp3) is 0.310. The van der Waals surface area contributed by atoms with Crippen LogP contribution in [0.25, 0.3) is 0 Å². The fourth-order valence-corrected chi connectivity index (χ4v) is 5.64. The Hall–Kier alpha value is -4.05. The topological polar surface area (TPSA) is 105 Å². The van der Waals surface area contributed by atoms with Crippen molar-refractivity contribution in [2.24, 2.45) is 0 Å². The van der Waals surface area contributed by atoms with E-state index in [0.29, 0.717) is 12.2 Å². The number of anilines is 1. The van der Waals surface area contributed by atoms with Crippen molar-refractivity contribution < 1.29 is 27.5 Å². The highest BCUT2D eigenvalue weighted by Crippen LogP contribution is 2.36. The minimum atomic E-state index is -4.23. The maximum absolute atomic E-state index is 14.0. The van der Waals surface area contributed by atoms with E-state index in [1.165, 1.54) is 44.4 Å². The van der Waals surface area contributed by atoms with Crippen molar-refractivity contribution in [3.8, 4) is 11.5 Å². The number of amides is 2. The van der Waals surface area contributed by atoms with Gasteiger partial charge in [-0.3, -0.25) is 13.9 Å². The molecule has 2 amide bonds. The molecule has 10 heteroatoms. The third-order valence-corrected chi connectivity index (χ3v) is 8.14. The first kappa shape index (κ1) is 29.5. The van der Waals surface area contributed by atoms with Gasteiger partial charge in [0.1, 0.15) is 24.1 Å². The lowest BCUT2D eigenvalue weighted by Gasteiger charge is -2.33. The molecule has 39 heavy (non-hydrogen) atoms. The number of nitrogens with one attached hydrogen (secondary N) is 1. The maximum atomic E-state index is 14.0. The molecule has 0 bridgehead atoms. The van der Waals surface area contributed by atoms with Crippen LogP contribution in [0, 0.1) is 6.92 Å². The first-order chi connectivity index (χ1) is 18.7. The number of sulfonamides is 1. The van der Waals surface area contributed by atoms with Gasteiger partial charge in [0.05, 0.1) is 24.8 Å². The summed E-state index contributed by atoms with van der Waals surface area (Å²) in [6.07, 6.45) is 0.338. The molecule has 3 aromatic carbocycles. The van der Waals surface area contributed by atoms with E-state index in [1.807, 2.05) is 31.2 Å². The van der Waals surface area contributed by atoms with Crippen LogP contribution in [0.2, 0.25) is 0 Å². The molecule has 0 fully saturated rings. The molecule has 0 aromatic heterocycles. The Morgan fingerprint density at radius 3 is 2.18 bits per heavy atom. The highest BCUT2D eigenvalue weighted by Gasteiger charge is 2.34.